The standard InChI is InChI=1S/C47H76N4O8/c1-51(2)34-32-44-42-55-36-24-16-11-19-27-39-58-45(52)29-21-13-7-3-5-9-15-23-35-54-41-43(31-33-50-47(48)49)56-37-25-17-10-6-4-8-14-22-30-46(53)59-40-28-20-12-18-26-38-57-44/h5-10,13-14,16,18-20,24,26-28,43-44H,3-4,11-12,15,17,21-23,25,29-42H2,1-2H3,(H4,48,49,50)/b9-5+,10-6+,13-7+,14-8+,24-16+,26-18+,27-19+,28-20+. The van der Waals surface area contributed by atoms with Crippen LogP contribution in [0.3, 0.4) is 0 Å². The molecule has 59 heavy (non-hydrogen) atoms. The first-order valence-corrected chi connectivity index (χ1v) is 21.5. The number of carbonyl (C=O) groups is 2. The minimum atomic E-state index is -0.204. The average Bonchev–Trinajstić information content (AvgIpc) is 3.21. The van der Waals surface area contributed by atoms with E-state index in [1.165, 1.54) is 0 Å². The number of cyclic esters (lactones) is 2. The maximum atomic E-state index is 12.1. The topological polar surface area (TPSA) is 157 Å². The number of hydrogen-bond donors (Lipinski definition) is 2. The predicted octanol–water partition coefficient (Wildman–Crippen LogP) is 7.64. The van der Waals surface area contributed by atoms with Crippen molar-refractivity contribution >= 4 is 17.9 Å². The summed E-state index contributed by atoms with van der Waals surface area (Å²) in [5.74, 6) is -0.329. The SMILES string of the molecule is CN(C)CCC1COC/C=C/C/C=C/COC(=O)CC/C=C/C/C=C/CCCOCC(CCN=C(N)N)OCCC/C=C/C/C=C/CCC(=O)OC/C=C/C/C=C/CO1. The largest absolute Gasteiger partial charge is 0.461 e. The molecule has 0 aromatic rings. The molecule has 0 amide bonds. The van der Waals surface area contributed by atoms with Crippen LogP contribution in [0.1, 0.15) is 89.9 Å². The van der Waals surface area contributed by atoms with E-state index in [9.17, 15) is 9.59 Å². The van der Waals surface area contributed by atoms with Gasteiger partial charge in [0.15, 0.2) is 5.96 Å². The molecule has 0 saturated heterocycles. The van der Waals surface area contributed by atoms with Gasteiger partial charge in [-0.25, -0.2) is 0 Å². The average molecular weight is 825 g/mol. The van der Waals surface area contributed by atoms with Gasteiger partial charge in [-0.3, -0.25) is 14.6 Å². The molecule has 0 aromatic heterocycles. The van der Waals surface area contributed by atoms with Crippen molar-refractivity contribution in [3.05, 3.63) is 97.2 Å². The molecule has 12 heteroatoms. The van der Waals surface area contributed by atoms with Crippen molar-refractivity contribution in [2.24, 2.45) is 16.5 Å². The minimum Gasteiger partial charge on any atom is -0.461 e. The summed E-state index contributed by atoms with van der Waals surface area (Å²) in [5.41, 5.74) is 11.0. The molecular weight excluding hydrogens is 749 g/mol. The zero-order valence-corrected chi connectivity index (χ0v) is 36.2. The fourth-order valence-corrected chi connectivity index (χ4v) is 5.25. The fourth-order valence-electron chi connectivity index (χ4n) is 5.25. The quantitative estimate of drug-likeness (QED) is 0.117. The van der Waals surface area contributed by atoms with Crippen molar-refractivity contribution in [2.75, 3.05) is 80.0 Å². The molecule has 1 heterocycles. The molecule has 4 N–H and O–H groups in total. The van der Waals surface area contributed by atoms with Gasteiger partial charge in [0.1, 0.15) is 13.2 Å². The maximum Gasteiger partial charge on any atom is 0.306 e. The molecule has 1 rings (SSSR count). The van der Waals surface area contributed by atoms with E-state index >= 15 is 0 Å². The second-order valence-corrected chi connectivity index (χ2v) is 14.2. The number of guanidine groups is 1. The molecule has 2 atom stereocenters. The van der Waals surface area contributed by atoms with Gasteiger partial charge in [-0.05, 0) is 91.1 Å². The number of aliphatic imine (C=N–C) groups is 1. The van der Waals surface area contributed by atoms with Crippen molar-refractivity contribution in [3.8, 4) is 0 Å². The van der Waals surface area contributed by atoms with Gasteiger partial charge in [0.25, 0.3) is 0 Å². The third-order valence-corrected chi connectivity index (χ3v) is 8.55. The van der Waals surface area contributed by atoms with Crippen LogP contribution >= 0.6 is 0 Å². The lowest BCUT2D eigenvalue weighted by Gasteiger charge is -2.19. The van der Waals surface area contributed by atoms with Crippen LogP contribution in [0.25, 0.3) is 0 Å². The molecule has 1 aliphatic heterocycles. The van der Waals surface area contributed by atoms with E-state index in [2.05, 4.69) is 46.3 Å². The zero-order chi connectivity index (χ0) is 42.7. The molecule has 12 nitrogen and oxygen atoms in total. The van der Waals surface area contributed by atoms with Gasteiger partial charge in [0, 0.05) is 39.1 Å². The number of hydrogen-bond acceptors (Lipinski definition) is 10. The Morgan fingerprint density at radius 2 is 1.05 bits per heavy atom. The van der Waals surface area contributed by atoms with E-state index in [1.54, 1.807) is 0 Å². The number of ether oxygens (including phenoxy) is 6. The van der Waals surface area contributed by atoms with Crippen LogP contribution in [0.4, 0.5) is 0 Å². The van der Waals surface area contributed by atoms with Crippen LogP contribution in [0.15, 0.2) is 102 Å². The monoisotopic (exact) mass is 825 g/mol. The molecule has 0 aliphatic carbocycles. The number of rotatable bonds is 6. The van der Waals surface area contributed by atoms with Crippen LogP contribution in [-0.2, 0) is 38.0 Å². The highest BCUT2D eigenvalue weighted by atomic mass is 16.5. The molecule has 0 saturated carbocycles. The summed E-state index contributed by atoms with van der Waals surface area (Å²) in [4.78, 5) is 30.4. The van der Waals surface area contributed by atoms with Crippen LogP contribution in [0.2, 0.25) is 0 Å². The number of esters is 2. The Balaban J connectivity index is 2.59. The molecule has 2 unspecified atom stereocenters. The first kappa shape index (κ1) is 52.9. The number of nitrogens with zero attached hydrogens (tertiary/aromatic N) is 2. The molecule has 1 aliphatic rings. The van der Waals surface area contributed by atoms with Crippen molar-refractivity contribution in [1.29, 1.82) is 0 Å². The normalized spacial score (nSPS) is 25.8. The highest BCUT2D eigenvalue weighted by Gasteiger charge is 2.10. The highest BCUT2D eigenvalue weighted by Crippen LogP contribution is 2.07. The van der Waals surface area contributed by atoms with Gasteiger partial charge in [-0.15, -0.1) is 0 Å². The van der Waals surface area contributed by atoms with E-state index in [4.69, 9.17) is 39.9 Å². The van der Waals surface area contributed by atoms with Gasteiger partial charge in [0.2, 0.25) is 0 Å². The van der Waals surface area contributed by atoms with Crippen LogP contribution < -0.4 is 11.5 Å². The first-order valence-electron chi connectivity index (χ1n) is 21.5. The summed E-state index contributed by atoms with van der Waals surface area (Å²) < 4.78 is 34.6. The summed E-state index contributed by atoms with van der Waals surface area (Å²) >= 11 is 0. The molecule has 0 fully saturated rings. The minimum absolute atomic E-state index is 0.00728. The third kappa shape index (κ3) is 39.2. The Labute approximate surface area is 355 Å². The highest BCUT2D eigenvalue weighted by molar-refractivity contribution is 5.75. The van der Waals surface area contributed by atoms with Crippen LogP contribution in [0.5, 0.6) is 0 Å². The molecule has 0 bridgehead atoms. The Bertz CT molecular complexity index is 1310. The Morgan fingerprint density at radius 1 is 0.576 bits per heavy atom. The van der Waals surface area contributed by atoms with Crippen molar-refractivity contribution in [1.82, 2.24) is 4.90 Å². The molecule has 0 spiro atoms. The van der Waals surface area contributed by atoms with E-state index in [0.29, 0.717) is 78.3 Å². The van der Waals surface area contributed by atoms with Gasteiger partial charge < -0.3 is 44.8 Å². The molecule has 0 radical (unpaired) electrons. The second-order valence-electron chi connectivity index (χ2n) is 14.2. The third-order valence-electron chi connectivity index (χ3n) is 8.55. The number of carbonyl (C=O) groups excluding carboxylic acids is 2. The van der Waals surface area contributed by atoms with Gasteiger partial charge >= 0.3 is 11.9 Å². The number of nitrogens with two attached hydrogens (primary N) is 2. The van der Waals surface area contributed by atoms with Crippen molar-refractivity contribution < 1.29 is 38.0 Å². The Hall–Kier alpha value is -4.07. The summed E-state index contributed by atoms with van der Waals surface area (Å²) in [6.45, 7) is 5.22. The van der Waals surface area contributed by atoms with E-state index < -0.39 is 0 Å². The summed E-state index contributed by atoms with van der Waals surface area (Å²) in [6, 6.07) is 0. The molecule has 332 valence electrons. The lowest BCUT2D eigenvalue weighted by molar-refractivity contribution is -0.143. The number of allylic oxidation sites excluding steroid dienone is 12. The molecular formula is C47H76N4O8. The smallest absolute Gasteiger partial charge is 0.306 e. The summed E-state index contributed by atoms with van der Waals surface area (Å²) in [6.07, 6.45) is 42.8. The second kappa shape index (κ2) is 40.7. The van der Waals surface area contributed by atoms with Gasteiger partial charge in [-0.2, -0.15) is 0 Å². The fraction of sp³-hybridized carbons (Fsp3) is 0.596. The lowest BCUT2D eigenvalue weighted by Crippen LogP contribution is -2.26. The Morgan fingerprint density at radius 3 is 1.61 bits per heavy atom. The summed E-state index contributed by atoms with van der Waals surface area (Å²) in [5, 5.41) is 0. The van der Waals surface area contributed by atoms with Crippen molar-refractivity contribution in [2.45, 2.75) is 102 Å². The maximum absolute atomic E-state index is 12.1. The van der Waals surface area contributed by atoms with Crippen molar-refractivity contribution in [3.63, 3.8) is 0 Å². The molecule has 0 aromatic carbocycles. The van der Waals surface area contributed by atoms with E-state index in [-0.39, 0.29) is 43.3 Å². The van der Waals surface area contributed by atoms with Gasteiger partial charge in [-0.1, -0.05) is 97.2 Å². The van der Waals surface area contributed by atoms with Crippen LogP contribution in [0, 0.1) is 0 Å². The van der Waals surface area contributed by atoms with E-state index in [0.717, 1.165) is 64.3 Å². The van der Waals surface area contributed by atoms with E-state index in [1.807, 2.05) is 74.9 Å². The predicted molar refractivity (Wildman–Crippen MR) is 240 cm³/mol. The Kier molecular flexibility index (Phi) is 36.5. The lowest BCUT2D eigenvalue weighted by atomic mass is 10.2. The van der Waals surface area contributed by atoms with Crippen LogP contribution in [-0.4, -0.2) is 115 Å². The zero-order valence-electron chi connectivity index (χ0n) is 36.2. The summed E-state index contributed by atoms with van der Waals surface area (Å²) in [7, 11) is 4.10. The first-order chi connectivity index (χ1) is 28.9. The van der Waals surface area contributed by atoms with Gasteiger partial charge in [0.05, 0.1) is 38.6 Å².